The molecule has 4 aliphatic rings. The van der Waals surface area contributed by atoms with Crippen molar-refractivity contribution in [2.75, 3.05) is 77.9 Å². The molecule has 0 radical (unpaired) electrons. The molecule has 5 unspecified atom stereocenters. The van der Waals surface area contributed by atoms with E-state index in [0.717, 1.165) is 81.8 Å². The predicted molar refractivity (Wildman–Crippen MR) is 474 cm³/mol. The molecule has 9 N–H and O–H groups in total. The van der Waals surface area contributed by atoms with E-state index in [2.05, 4.69) is 149 Å². The second-order valence-corrected chi connectivity index (χ2v) is 41.8. The van der Waals surface area contributed by atoms with Gasteiger partial charge in [0.1, 0.15) is 17.1 Å². The molecule has 114 heavy (non-hydrogen) atoms. The van der Waals surface area contributed by atoms with E-state index < -0.39 is 22.7 Å². The molecule has 0 aliphatic carbocycles. The van der Waals surface area contributed by atoms with Crippen LogP contribution in [0, 0.1) is 0 Å². The van der Waals surface area contributed by atoms with Crippen molar-refractivity contribution in [1.82, 2.24) is 70.2 Å². The number of hydrogen-bond acceptors (Lipinski definition) is 16. The Morgan fingerprint density at radius 3 is 1.15 bits per heavy atom. The van der Waals surface area contributed by atoms with Gasteiger partial charge in [-0.1, -0.05) is 198 Å². The zero-order valence-electron chi connectivity index (χ0n) is 65.4. The average Bonchev–Trinajstić information content (AvgIpc) is 1.99. The number of nitrogens with two attached hydrogens (primary N) is 1. The second-order valence-electron chi connectivity index (χ2n) is 30.0. The molecule has 2 amide bonds. The quantitative estimate of drug-likeness (QED) is 0.0182. The summed E-state index contributed by atoms with van der Waals surface area (Å²) < 4.78 is 31.2. The highest BCUT2D eigenvalue weighted by molar-refractivity contribution is 14.1. The fraction of sp³-hybridized carbons (Fsp3) is 0.415. The fourth-order valence-electron chi connectivity index (χ4n) is 11.8. The summed E-state index contributed by atoms with van der Waals surface area (Å²) in [6.45, 7) is 29.5. The van der Waals surface area contributed by atoms with Crippen molar-refractivity contribution in [3.63, 3.8) is 0 Å². The lowest BCUT2D eigenvalue weighted by atomic mass is 10.1. The van der Waals surface area contributed by atoms with Crippen molar-refractivity contribution >= 4 is 115 Å². The number of hydrogen-bond donors (Lipinski definition) is 8. The molecular formula is C82H110Cl5FIN15O8Si2. The van der Waals surface area contributed by atoms with Gasteiger partial charge in [-0.05, 0) is 132 Å². The van der Waals surface area contributed by atoms with Gasteiger partial charge in [0.15, 0.2) is 22.4 Å². The van der Waals surface area contributed by atoms with E-state index in [0.29, 0.717) is 82.0 Å². The number of benzene rings is 5. The van der Waals surface area contributed by atoms with Gasteiger partial charge in [0.05, 0.1) is 110 Å². The van der Waals surface area contributed by atoms with Crippen molar-refractivity contribution in [2.24, 2.45) is 5.73 Å². The van der Waals surface area contributed by atoms with E-state index in [-0.39, 0.29) is 93.1 Å². The molecule has 5 atom stereocenters. The average molecular weight is 1810 g/mol. The Kier molecular flexibility index (Phi) is 36.5. The van der Waals surface area contributed by atoms with E-state index in [4.69, 9.17) is 77.7 Å². The molecule has 14 rings (SSSR count). The van der Waals surface area contributed by atoms with Crippen molar-refractivity contribution < 1.29 is 42.9 Å². The van der Waals surface area contributed by atoms with Crippen molar-refractivity contribution in [3.05, 3.63) is 205 Å². The number of amides is 2. The minimum absolute atomic E-state index is 0. The number of aliphatic hydroxyl groups is 3. The summed E-state index contributed by atoms with van der Waals surface area (Å²) in [7, 11) is -3.12. The van der Waals surface area contributed by atoms with Crippen LogP contribution in [0.2, 0.25) is 61.4 Å². The van der Waals surface area contributed by atoms with Crippen molar-refractivity contribution in [3.8, 4) is 56.3 Å². The van der Waals surface area contributed by atoms with Gasteiger partial charge in [-0.25, -0.2) is 0 Å². The number of halogens is 7. The first-order valence-electron chi connectivity index (χ1n) is 36.6. The number of nitrogens with one attached hydrogen (secondary N) is 4. The molecule has 32 heteroatoms. The zero-order chi connectivity index (χ0) is 82.0. The van der Waals surface area contributed by atoms with Gasteiger partial charge in [0.2, 0.25) is 0 Å². The van der Waals surface area contributed by atoms with E-state index in [9.17, 15) is 34.1 Å². The maximum absolute atomic E-state index is 12.3. The SMILES string of the molecule is C.C.CC(=O)c1cc(-c2cccc(Cl)c2)nn1C(CN)CO.CC(C)(C)[Si](C)(C)OCC1CNC(=O)c2cc(-c3cccc(Cl)c3)nn21.CC(C)(C)[Si](C)(C)OCC1CNCc2cc(-c3cccc(Cl)c3)nn21.CF.CI.O=C1NCC(CO)n2nc(-c3cccc(Cl)c3)cc21.OCC1CNCc2cc(-c3cccc(Cl)c3)nn21. The number of Topliss-reactive ketones (excluding diaryl/α,β-unsaturated/α-hetero) is 1. The number of fused-ring (bicyclic) bond motifs is 4. The van der Waals surface area contributed by atoms with Gasteiger partial charge in [-0.3, -0.25) is 42.2 Å². The molecule has 0 saturated heterocycles. The summed E-state index contributed by atoms with van der Waals surface area (Å²) in [5.41, 5.74) is 17.9. The lowest BCUT2D eigenvalue weighted by Crippen LogP contribution is -2.46. The van der Waals surface area contributed by atoms with Crippen molar-refractivity contribution in [2.45, 2.75) is 143 Å². The van der Waals surface area contributed by atoms with Crippen LogP contribution in [-0.4, -0.2) is 176 Å². The normalized spacial score (nSPS) is 16.3. The summed E-state index contributed by atoms with van der Waals surface area (Å²) >= 11 is 32.3. The van der Waals surface area contributed by atoms with Crippen LogP contribution in [0.25, 0.3) is 56.3 Å². The first-order valence-corrected chi connectivity index (χ1v) is 46.5. The van der Waals surface area contributed by atoms with E-state index >= 15 is 0 Å². The minimum Gasteiger partial charge on any atom is -0.415 e. The molecule has 0 spiro atoms. The minimum atomic E-state index is -1.86. The smallest absolute Gasteiger partial charge is 0.269 e. The van der Waals surface area contributed by atoms with Crippen LogP contribution in [0.3, 0.4) is 0 Å². The van der Waals surface area contributed by atoms with E-state index in [1.54, 1.807) is 41.1 Å². The fourth-order valence-corrected chi connectivity index (χ4v) is 14.9. The molecule has 618 valence electrons. The number of ketones is 1. The number of carbonyl (C=O) groups is 3. The predicted octanol–water partition coefficient (Wildman–Crippen LogP) is 17.5. The van der Waals surface area contributed by atoms with Crippen LogP contribution in [-0.2, 0) is 21.9 Å². The van der Waals surface area contributed by atoms with Crippen LogP contribution in [0.4, 0.5) is 4.39 Å². The Morgan fingerprint density at radius 2 is 0.816 bits per heavy atom. The highest BCUT2D eigenvalue weighted by Crippen LogP contribution is 2.40. The molecule has 23 nitrogen and oxygen atoms in total. The molecule has 9 heterocycles. The van der Waals surface area contributed by atoms with Crippen LogP contribution < -0.4 is 27.0 Å². The number of carbonyl (C=O) groups excluding carboxylic acids is 3. The summed E-state index contributed by atoms with van der Waals surface area (Å²) in [5.74, 6) is -0.405. The Morgan fingerprint density at radius 1 is 0.509 bits per heavy atom. The highest BCUT2D eigenvalue weighted by Gasteiger charge is 2.40. The Bertz CT molecular complexity index is 4790. The monoisotopic (exact) mass is 1810 g/mol. The number of aromatic nitrogens is 10. The number of alkyl halides is 2. The summed E-state index contributed by atoms with van der Waals surface area (Å²) in [6, 6.07) is 46.5. The second kappa shape index (κ2) is 43.4. The van der Waals surface area contributed by atoms with Gasteiger partial charge in [0, 0.05) is 106 Å². The molecule has 0 saturated carbocycles. The van der Waals surface area contributed by atoms with Gasteiger partial charge in [-0.15, -0.1) is 0 Å². The topological polar surface area (TPSA) is 294 Å². The number of aliphatic hydroxyl groups excluding tert-OH is 3. The van der Waals surface area contributed by atoms with Gasteiger partial charge < -0.3 is 51.2 Å². The summed E-state index contributed by atoms with van der Waals surface area (Å²) in [5, 5.41) is 67.0. The Hall–Kier alpha value is -7.02. The van der Waals surface area contributed by atoms with Crippen LogP contribution in [0.1, 0.15) is 136 Å². The molecule has 0 bridgehead atoms. The van der Waals surface area contributed by atoms with Gasteiger partial charge in [-0.2, -0.15) is 25.5 Å². The maximum Gasteiger partial charge on any atom is 0.269 e. The number of rotatable bonds is 17. The van der Waals surface area contributed by atoms with Gasteiger partial charge in [0.25, 0.3) is 11.8 Å². The molecule has 5 aromatic heterocycles. The molecule has 4 aliphatic heterocycles. The standard InChI is InChI=1S/C19H26ClN3O2Si.C19H28ClN3OSi.C14H16ClN3O2.C13H12ClN3O2.C13H14ClN3O.CH3F.CH3I.2CH4/c1-19(2,3)26(4,5)25-12-15-11-21-18(24)17-10-16(22-23(15)17)13-7-6-8-14(20)9-13;1-19(2,3)25(4,5)24-13-17-12-21-11-16-10-18(22-23(16)17)14-7-6-8-15(20)9-14;1-9(20)14-6-13(10-3-2-4-11(15)5-10)17-18(14)12(7-16)8-19;14-9-3-1-2-8(4-9)11-5-12-13(19)15-6-10(7-18)17(12)16-11;14-10-3-1-2-9(4-10)13-5-11-6-15-7-12(8-18)17(11)16-13;2*1-2;;/h6-10,15H,11-12H2,1-5H3,(H,21,24);6-10,17,21H,11-13H2,1-5H3;2-6,12,19H,7-8,16H2,1H3;1-5,10,18H,6-7H2,(H,15,19);1-5,12,15,18H,6-8H2;2*1H3;2*1H4. The Labute approximate surface area is 710 Å². The van der Waals surface area contributed by atoms with Gasteiger partial charge >= 0.3 is 0 Å². The summed E-state index contributed by atoms with van der Waals surface area (Å²) in [6.07, 6.45) is 0. The molecule has 5 aromatic carbocycles. The van der Waals surface area contributed by atoms with E-state index in [1.807, 2.05) is 117 Å². The molecule has 0 fully saturated rings. The first kappa shape index (κ1) is 95.8. The third-order valence-electron chi connectivity index (χ3n) is 20.1. The Balaban J connectivity index is 0.000000220. The lowest BCUT2D eigenvalue weighted by Gasteiger charge is -2.38. The zero-order valence-corrected chi connectivity index (χ0v) is 73.3. The third-order valence-corrected chi connectivity index (χ3v) is 30.3. The first-order chi connectivity index (χ1) is 53.3. The lowest BCUT2D eigenvalue weighted by molar-refractivity contribution is 0.0880. The van der Waals surface area contributed by atoms with Crippen LogP contribution in [0.15, 0.2) is 152 Å². The largest absolute Gasteiger partial charge is 0.415 e. The van der Waals surface area contributed by atoms with Crippen LogP contribution in [0.5, 0.6) is 0 Å². The van der Waals surface area contributed by atoms with E-state index in [1.165, 1.54) is 17.3 Å². The maximum atomic E-state index is 12.3. The molecule has 10 aromatic rings. The van der Waals surface area contributed by atoms with Crippen LogP contribution >= 0.6 is 80.6 Å². The molecular weight excluding hydrogens is 1700 g/mol. The van der Waals surface area contributed by atoms with Crippen molar-refractivity contribution in [1.29, 1.82) is 0 Å². The highest BCUT2D eigenvalue weighted by atomic mass is 127. The summed E-state index contributed by atoms with van der Waals surface area (Å²) in [4.78, 5) is 37.7. The number of nitrogens with zero attached hydrogens (tertiary/aromatic N) is 10. The third kappa shape index (κ3) is 24.6.